The van der Waals surface area contributed by atoms with E-state index in [-0.39, 0.29) is 11.8 Å². The second-order valence-corrected chi connectivity index (χ2v) is 7.25. The molecule has 26 heavy (non-hydrogen) atoms. The number of benzene rings is 1. The van der Waals surface area contributed by atoms with E-state index in [0.717, 1.165) is 30.8 Å². The summed E-state index contributed by atoms with van der Waals surface area (Å²) >= 11 is 0. The van der Waals surface area contributed by atoms with Gasteiger partial charge in [0.2, 0.25) is 5.91 Å². The summed E-state index contributed by atoms with van der Waals surface area (Å²) in [7, 11) is 1.65. The highest BCUT2D eigenvalue weighted by Crippen LogP contribution is 2.44. The van der Waals surface area contributed by atoms with Crippen molar-refractivity contribution in [2.75, 3.05) is 13.7 Å². The fourth-order valence-corrected chi connectivity index (χ4v) is 4.49. The van der Waals surface area contributed by atoms with Crippen LogP contribution in [-0.2, 0) is 22.7 Å². The molecule has 2 aliphatic rings. The summed E-state index contributed by atoms with van der Waals surface area (Å²) in [6, 6.07) is 13.3. The molecule has 138 valence electrons. The predicted octanol–water partition coefficient (Wildman–Crippen LogP) is 2.40. The summed E-state index contributed by atoms with van der Waals surface area (Å²) in [5.74, 6) is 0.215. The molecule has 4 rings (SSSR count). The van der Waals surface area contributed by atoms with Gasteiger partial charge in [0.05, 0.1) is 30.5 Å². The smallest absolute Gasteiger partial charge is 0.225 e. The van der Waals surface area contributed by atoms with Crippen LogP contribution in [-0.4, -0.2) is 40.7 Å². The SMILES string of the molecule is COCc1cc(CNC(=O)[C@H]2C[C@@H](c3ccccc3)N3CCC[C@H]23)[nH]n1. The number of H-pyrrole nitrogens is 1. The lowest BCUT2D eigenvalue weighted by molar-refractivity contribution is -0.125. The van der Waals surface area contributed by atoms with Crippen molar-refractivity contribution in [2.24, 2.45) is 5.92 Å². The fourth-order valence-electron chi connectivity index (χ4n) is 4.49. The molecule has 0 saturated carbocycles. The van der Waals surface area contributed by atoms with Crippen molar-refractivity contribution in [3.63, 3.8) is 0 Å². The van der Waals surface area contributed by atoms with Crippen molar-refractivity contribution in [3.8, 4) is 0 Å². The molecular formula is C20H26N4O2. The van der Waals surface area contributed by atoms with Crippen molar-refractivity contribution >= 4 is 5.91 Å². The number of carbonyl (C=O) groups excluding carboxylic acids is 1. The number of nitrogens with one attached hydrogen (secondary N) is 2. The first kappa shape index (κ1) is 17.2. The first-order valence-corrected chi connectivity index (χ1v) is 9.37. The van der Waals surface area contributed by atoms with E-state index in [2.05, 4.69) is 44.7 Å². The molecule has 6 heteroatoms. The average molecular weight is 354 g/mol. The average Bonchev–Trinajstić information content (AvgIpc) is 3.37. The van der Waals surface area contributed by atoms with Gasteiger partial charge in [-0.25, -0.2) is 0 Å². The number of fused-ring (bicyclic) bond motifs is 1. The molecule has 2 aliphatic heterocycles. The Hall–Kier alpha value is -2.18. The lowest BCUT2D eigenvalue weighted by Crippen LogP contribution is -2.37. The second-order valence-electron chi connectivity index (χ2n) is 7.25. The summed E-state index contributed by atoms with van der Waals surface area (Å²) in [5, 5.41) is 10.2. The number of nitrogens with zero attached hydrogens (tertiary/aromatic N) is 2. The molecule has 0 spiro atoms. The zero-order valence-electron chi connectivity index (χ0n) is 15.1. The van der Waals surface area contributed by atoms with Gasteiger partial charge in [0.25, 0.3) is 0 Å². The number of hydrogen-bond acceptors (Lipinski definition) is 4. The monoisotopic (exact) mass is 354 g/mol. The Bertz CT molecular complexity index is 745. The molecule has 2 fully saturated rings. The normalized spacial score (nSPS) is 25.3. The highest BCUT2D eigenvalue weighted by Gasteiger charge is 2.46. The molecule has 0 unspecified atom stereocenters. The van der Waals surface area contributed by atoms with Crippen molar-refractivity contribution in [1.82, 2.24) is 20.4 Å². The summed E-state index contributed by atoms with van der Waals surface area (Å²) in [6.07, 6.45) is 3.20. The maximum Gasteiger partial charge on any atom is 0.225 e. The first-order chi connectivity index (χ1) is 12.8. The van der Waals surface area contributed by atoms with Crippen molar-refractivity contribution in [3.05, 3.63) is 53.3 Å². The quantitative estimate of drug-likeness (QED) is 0.836. The van der Waals surface area contributed by atoms with E-state index in [1.54, 1.807) is 7.11 Å². The number of aromatic nitrogens is 2. The van der Waals surface area contributed by atoms with E-state index in [4.69, 9.17) is 4.74 Å². The minimum atomic E-state index is 0.0593. The van der Waals surface area contributed by atoms with Gasteiger partial charge in [-0.2, -0.15) is 5.10 Å². The third-order valence-electron chi connectivity index (χ3n) is 5.63. The number of amides is 1. The Morgan fingerprint density at radius 2 is 2.23 bits per heavy atom. The van der Waals surface area contributed by atoms with Gasteiger partial charge in [0, 0.05) is 19.2 Å². The Kier molecular flexibility index (Phi) is 5.04. The van der Waals surface area contributed by atoms with Gasteiger partial charge in [-0.05, 0) is 37.4 Å². The number of ether oxygens (including phenoxy) is 1. The molecule has 3 atom stereocenters. The van der Waals surface area contributed by atoms with E-state index < -0.39 is 0 Å². The van der Waals surface area contributed by atoms with E-state index in [1.807, 2.05) is 12.1 Å². The van der Waals surface area contributed by atoms with E-state index in [9.17, 15) is 4.79 Å². The second kappa shape index (κ2) is 7.60. The highest BCUT2D eigenvalue weighted by atomic mass is 16.5. The van der Waals surface area contributed by atoms with E-state index >= 15 is 0 Å². The fraction of sp³-hybridized carbons (Fsp3) is 0.500. The number of methoxy groups -OCH3 is 1. The Morgan fingerprint density at radius 1 is 1.38 bits per heavy atom. The van der Waals surface area contributed by atoms with Crippen LogP contribution in [0.4, 0.5) is 0 Å². The van der Waals surface area contributed by atoms with Crippen LogP contribution < -0.4 is 5.32 Å². The Morgan fingerprint density at radius 3 is 3.04 bits per heavy atom. The molecule has 0 aliphatic carbocycles. The van der Waals surface area contributed by atoms with Crippen LogP contribution in [0.3, 0.4) is 0 Å². The number of hydrogen-bond donors (Lipinski definition) is 2. The molecule has 6 nitrogen and oxygen atoms in total. The maximum atomic E-state index is 12.9. The van der Waals surface area contributed by atoms with Crippen LogP contribution >= 0.6 is 0 Å². The van der Waals surface area contributed by atoms with E-state index in [1.165, 1.54) is 12.0 Å². The topological polar surface area (TPSA) is 70.2 Å². The van der Waals surface area contributed by atoms with Gasteiger partial charge < -0.3 is 10.1 Å². The Balaban J connectivity index is 1.41. The van der Waals surface area contributed by atoms with Crippen LogP contribution in [0, 0.1) is 5.92 Å². The number of rotatable bonds is 6. The molecule has 1 amide bonds. The molecule has 0 radical (unpaired) electrons. The van der Waals surface area contributed by atoms with Crippen LogP contribution in [0.1, 0.15) is 42.3 Å². The van der Waals surface area contributed by atoms with Crippen LogP contribution in [0.5, 0.6) is 0 Å². The standard InChI is InChI=1S/C20H26N4O2/c1-26-13-16-10-15(22-23-16)12-21-20(25)17-11-19(14-6-3-2-4-7-14)24-9-5-8-18(17)24/h2-4,6-7,10,17-19H,5,8-9,11-13H2,1H3,(H,21,25)(H,22,23)/t17-,18+,19-/m0/s1. The van der Waals surface area contributed by atoms with Gasteiger partial charge in [0.15, 0.2) is 0 Å². The van der Waals surface area contributed by atoms with Crippen molar-refractivity contribution in [1.29, 1.82) is 0 Å². The lowest BCUT2D eigenvalue weighted by Gasteiger charge is -2.24. The van der Waals surface area contributed by atoms with Gasteiger partial charge in [0.1, 0.15) is 0 Å². The molecular weight excluding hydrogens is 328 g/mol. The predicted molar refractivity (Wildman–Crippen MR) is 98.2 cm³/mol. The maximum absolute atomic E-state index is 12.9. The minimum absolute atomic E-state index is 0.0593. The summed E-state index contributed by atoms with van der Waals surface area (Å²) in [5.41, 5.74) is 3.09. The van der Waals surface area contributed by atoms with Gasteiger partial charge in [-0.3, -0.25) is 14.8 Å². The van der Waals surface area contributed by atoms with Crippen molar-refractivity contribution < 1.29 is 9.53 Å². The molecule has 0 bridgehead atoms. The molecule has 2 saturated heterocycles. The molecule has 2 N–H and O–H groups in total. The first-order valence-electron chi connectivity index (χ1n) is 9.37. The molecule has 1 aromatic heterocycles. The third-order valence-corrected chi connectivity index (χ3v) is 5.63. The van der Waals surface area contributed by atoms with Crippen molar-refractivity contribution in [2.45, 2.75) is 44.5 Å². The lowest BCUT2D eigenvalue weighted by atomic mass is 9.93. The largest absolute Gasteiger partial charge is 0.378 e. The van der Waals surface area contributed by atoms with Gasteiger partial charge >= 0.3 is 0 Å². The number of aromatic amines is 1. The molecule has 1 aromatic carbocycles. The zero-order valence-corrected chi connectivity index (χ0v) is 15.1. The summed E-state index contributed by atoms with van der Waals surface area (Å²) in [4.78, 5) is 15.4. The van der Waals surface area contributed by atoms with Gasteiger partial charge in [-0.1, -0.05) is 30.3 Å². The third kappa shape index (κ3) is 3.39. The number of carbonyl (C=O) groups is 1. The van der Waals surface area contributed by atoms with E-state index in [0.29, 0.717) is 25.2 Å². The highest BCUT2D eigenvalue weighted by molar-refractivity contribution is 5.80. The van der Waals surface area contributed by atoms with Crippen LogP contribution in [0.25, 0.3) is 0 Å². The van der Waals surface area contributed by atoms with Crippen LogP contribution in [0.15, 0.2) is 36.4 Å². The summed E-state index contributed by atoms with van der Waals surface area (Å²) < 4.78 is 5.07. The molecule has 3 heterocycles. The summed E-state index contributed by atoms with van der Waals surface area (Å²) in [6.45, 7) is 2.05. The van der Waals surface area contributed by atoms with Gasteiger partial charge in [-0.15, -0.1) is 0 Å². The molecule has 2 aromatic rings. The zero-order chi connectivity index (χ0) is 17.9. The Labute approximate surface area is 153 Å². The van der Waals surface area contributed by atoms with Crippen LogP contribution in [0.2, 0.25) is 0 Å². The minimum Gasteiger partial charge on any atom is -0.378 e.